The van der Waals surface area contributed by atoms with E-state index in [-0.39, 0.29) is 0 Å². The van der Waals surface area contributed by atoms with Gasteiger partial charge < -0.3 is 15.2 Å². The number of hydrogen-bond donors (Lipinski definition) is 2. The molecule has 6 nitrogen and oxygen atoms in total. The highest BCUT2D eigenvalue weighted by Gasteiger charge is 2.04. The van der Waals surface area contributed by atoms with Crippen LogP contribution in [0.25, 0.3) is 0 Å². The van der Waals surface area contributed by atoms with Gasteiger partial charge in [-0.15, -0.1) is 0 Å². The minimum absolute atomic E-state index is 0.349. The Hall–Kier alpha value is -2.08. The lowest BCUT2D eigenvalue weighted by molar-refractivity contribution is 0.376. The zero-order chi connectivity index (χ0) is 15.8. The Morgan fingerprint density at radius 1 is 1.32 bits per heavy atom. The van der Waals surface area contributed by atoms with E-state index in [4.69, 9.17) is 16.1 Å². The summed E-state index contributed by atoms with van der Waals surface area (Å²) in [7, 11) is 0. The number of nitrogens with one attached hydrogen (secondary N) is 2. The number of rotatable bonds is 6. The summed E-state index contributed by atoms with van der Waals surface area (Å²) in [5.41, 5.74) is 1.11. The van der Waals surface area contributed by atoms with Crippen molar-refractivity contribution in [1.29, 1.82) is 0 Å². The van der Waals surface area contributed by atoms with E-state index in [1.165, 1.54) is 0 Å². The number of halogens is 1. The van der Waals surface area contributed by atoms with Crippen LogP contribution in [0.3, 0.4) is 0 Å². The standard InChI is InChI=1S/C15H20ClN5O/c1-3-17-15(19-10-14-20-11(2)21-22-14)18-9-8-12-6-4-5-7-13(12)16/h4-7H,3,8-10H2,1-2H3,(H2,17,18,19). The molecule has 0 aliphatic carbocycles. The Balaban J connectivity index is 1.87. The van der Waals surface area contributed by atoms with Crippen molar-refractivity contribution in [2.24, 2.45) is 4.99 Å². The molecule has 0 bridgehead atoms. The summed E-state index contributed by atoms with van der Waals surface area (Å²) >= 11 is 6.14. The molecule has 2 N–H and O–H groups in total. The first-order valence-corrected chi connectivity index (χ1v) is 7.61. The third kappa shape index (κ3) is 5.04. The number of hydrogen-bond acceptors (Lipinski definition) is 4. The Labute approximate surface area is 135 Å². The Morgan fingerprint density at radius 2 is 2.14 bits per heavy atom. The van der Waals surface area contributed by atoms with Crippen molar-refractivity contribution in [1.82, 2.24) is 20.8 Å². The molecule has 2 rings (SSSR count). The molecule has 0 amide bonds. The van der Waals surface area contributed by atoms with Gasteiger partial charge in [0.2, 0.25) is 5.89 Å². The van der Waals surface area contributed by atoms with E-state index in [2.05, 4.69) is 25.8 Å². The molecule has 0 unspecified atom stereocenters. The fourth-order valence-electron chi connectivity index (χ4n) is 1.91. The quantitative estimate of drug-likeness (QED) is 0.631. The van der Waals surface area contributed by atoms with Crippen molar-refractivity contribution in [3.8, 4) is 0 Å². The molecule has 0 spiro atoms. The second-order valence-electron chi connectivity index (χ2n) is 4.70. The van der Waals surface area contributed by atoms with Crippen molar-refractivity contribution in [3.05, 3.63) is 46.6 Å². The molecule has 0 saturated heterocycles. The molecule has 1 aromatic carbocycles. The molecule has 1 heterocycles. The van der Waals surface area contributed by atoms with Gasteiger partial charge in [-0.2, -0.15) is 4.98 Å². The van der Waals surface area contributed by atoms with E-state index in [1.54, 1.807) is 6.92 Å². The van der Waals surface area contributed by atoms with Gasteiger partial charge in [0.05, 0.1) is 0 Å². The number of benzene rings is 1. The van der Waals surface area contributed by atoms with Crippen LogP contribution in [0.1, 0.15) is 24.2 Å². The Kier molecular flexibility index (Phi) is 6.21. The monoisotopic (exact) mass is 321 g/mol. The van der Waals surface area contributed by atoms with E-state index < -0.39 is 0 Å². The number of aryl methyl sites for hydroxylation is 1. The topological polar surface area (TPSA) is 75.3 Å². The van der Waals surface area contributed by atoms with Gasteiger partial charge in [-0.3, -0.25) is 0 Å². The molecule has 1 aromatic heterocycles. The van der Waals surface area contributed by atoms with Crippen LogP contribution in [0.5, 0.6) is 0 Å². The lowest BCUT2D eigenvalue weighted by Gasteiger charge is -2.11. The van der Waals surface area contributed by atoms with E-state index in [0.717, 1.165) is 30.1 Å². The summed E-state index contributed by atoms with van der Waals surface area (Å²) in [6.45, 7) is 5.66. The summed E-state index contributed by atoms with van der Waals surface area (Å²) in [6.07, 6.45) is 0.823. The third-order valence-electron chi connectivity index (χ3n) is 2.93. The van der Waals surface area contributed by atoms with Gasteiger partial charge >= 0.3 is 0 Å². The second kappa shape index (κ2) is 8.38. The van der Waals surface area contributed by atoms with Gasteiger partial charge in [-0.25, -0.2) is 4.99 Å². The first-order valence-electron chi connectivity index (χ1n) is 7.24. The first-order chi connectivity index (χ1) is 10.7. The van der Waals surface area contributed by atoms with Crippen LogP contribution in [0.2, 0.25) is 5.02 Å². The van der Waals surface area contributed by atoms with Crippen LogP contribution in [-0.2, 0) is 13.0 Å². The van der Waals surface area contributed by atoms with Crippen LogP contribution in [0.15, 0.2) is 33.8 Å². The summed E-state index contributed by atoms with van der Waals surface area (Å²) in [5, 5.41) is 11.0. The predicted molar refractivity (Wildman–Crippen MR) is 87.0 cm³/mol. The van der Waals surface area contributed by atoms with Crippen LogP contribution >= 0.6 is 11.6 Å². The molecule has 0 radical (unpaired) electrons. The van der Waals surface area contributed by atoms with Gasteiger partial charge in [0.1, 0.15) is 6.54 Å². The van der Waals surface area contributed by atoms with Gasteiger partial charge in [-0.05, 0) is 31.9 Å². The van der Waals surface area contributed by atoms with Crippen molar-refractivity contribution < 1.29 is 4.52 Å². The summed E-state index contributed by atoms with van der Waals surface area (Å²) < 4.78 is 5.04. The van der Waals surface area contributed by atoms with Crippen molar-refractivity contribution in [3.63, 3.8) is 0 Å². The Morgan fingerprint density at radius 3 is 2.82 bits per heavy atom. The van der Waals surface area contributed by atoms with Crippen LogP contribution in [0, 0.1) is 6.92 Å². The average Bonchev–Trinajstić information content (AvgIpc) is 2.92. The smallest absolute Gasteiger partial charge is 0.248 e. The molecule has 7 heteroatoms. The highest BCUT2D eigenvalue weighted by molar-refractivity contribution is 6.31. The van der Waals surface area contributed by atoms with Crippen LogP contribution < -0.4 is 10.6 Å². The molecule has 0 aliphatic heterocycles. The minimum atomic E-state index is 0.349. The van der Waals surface area contributed by atoms with E-state index in [1.807, 2.05) is 31.2 Å². The van der Waals surface area contributed by atoms with E-state index in [9.17, 15) is 0 Å². The highest BCUT2D eigenvalue weighted by Crippen LogP contribution is 2.14. The zero-order valence-corrected chi connectivity index (χ0v) is 13.5. The molecule has 0 fully saturated rings. The number of aliphatic imine (C=N–C) groups is 1. The Bertz CT molecular complexity index is 626. The third-order valence-corrected chi connectivity index (χ3v) is 3.30. The van der Waals surface area contributed by atoms with Crippen LogP contribution in [-0.4, -0.2) is 29.2 Å². The second-order valence-corrected chi connectivity index (χ2v) is 5.11. The highest BCUT2D eigenvalue weighted by atomic mass is 35.5. The largest absolute Gasteiger partial charge is 0.357 e. The lowest BCUT2D eigenvalue weighted by atomic mass is 10.1. The first kappa shape index (κ1) is 16.3. The fraction of sp³-hybridized carbons (Fsp3) is 0.400. The molecule has 0 atom stereocenters. The maximum absolute atomic E-state index is 6.14. The minimum Gasteiger partial charge on any atom is -0.357 e. The molecule has 118 valence electrons. The van der Waals surface area contributed by atoms with Gasteiger partial charge in [0.15, 0.2) is 11.8 Å². The van der Waals surface area contributed by atoms with Crippen molar-refractivity contribution in [2.45, 2.75) is 26.8 Å². The van der Waals surface area contributed by atoms with Crippen LogP contribution in [0.4, 0.5) is 0 Å². The molecule has 22 heavy (non-hydrogen) atoms. The molecular weight excluding hydrogens is 302 g/mol. The van der Waals surface area contributed by atoms with Gasteiger partial charge in [0.25, 0.3) is 0 Å². The number of guanidine groups is 1. The summed E-state index contributed by atoms with van der Waals surface area (Å²) in [5.74, 6) is 1.83. The zero-order valence-electron chi connectivity index (χ0n) is 12.8. The molecular formula is C15H20ClN5O. The SMILES string of the molecule is CCNC(=NCc1nc(C)no1)NCCc1ccccc1Cl. The summed E-state index contributed by atoms with van der Waals surface area (Å²) in [4.78, 5) is 8.54. The summed E-state index contributed by atoms with van der Waals surface area (Å²) in [6, 6.07) is 7.83. The van der Waals surface area contributed by atoms with Crippen molar-refractivity contribution in [2.75, 3.05) is 13.1 Å². The predicted octanol–water partition coefficient (Wildman–Crippen LogP) is 2.33. The number of nitrogens with zero attached hydrogens (tertiary/aromatic N) is 3. The number of aromatic nitrogens is 2. The van der Waals surface area contributed by atoms with E-state index in [0.29, 0.717) is 24.2 Å². The maximum Gasteiger partial charge on any atom is 0.248 e. The molecule has 0 saturated carbocycles. The fourth-order valence-corrected chi connectivity index (χ4v) is 2.14. The van der Waals surface area contributed by atoms with E-state index >= 15 is 0 Å². The molecule has 2 aromatic rings. The normalized spacial score (nSPS) is 11.5. The average molecular weight is 322 g/mol. The van der Waals surface area contributed by atoms with Gasteiger partial charge in [-0.1, -0.05) is 35.0 Å². The molecule has 0 aliphatic rings. The lowest BCUT2D eigenvalue weighted by Crippen LogP contribution is -2.38. The van der Waals surface area contributed by atoms with Gasteiger partial charge in [0, 0.05) is 18.1 Å². The van der Waals surface area contributed by atoms with Crippen molar-refractivity contribution >= 4 is 17.6 Å². The maximum atomic E-state index is 6.14.